The molecule has 5 nitrogen and oxygen atoms in total. The van der Waals surface area contributed by atoms with E-state index >= 15 is 0 Å². The fourth-order valence-corrected chi connectivity index (χ4v) is 2.03. The Morgan fingerprint density at radius 3 is 2.38 bits per heavy atom. The lowest BCUT2D eigenvalue weighted by Gasteiger charge is -2.05. The van der Waals surface area contributed by atoms with Crippen LogP contribution in [0.4, 0.5) is 0 Å². The molecule has 104 valence electrons. The van der Waals surface area contributed by atoms with Gasteiger partial charge in [0.05, 0.1) is 6.54 Å². The molecule has 0 radical (unpaired) electrons. The van der Waals surface area contributed by atoms with Gasteiger partial charge < -0.3 is 5.32 Å². The zero-order valence-corrected chi connectivity index (χ0v) is 11.3. The molecular weight excluding hydrogens is 264 g/mol. The van der Waals surface area contributed by atoms with E-state index < -0.39 is 0 Å². The molecule has 2 N–H and O–H groups in total. The van der Waals surface area contributed by atoms with Crippen LogP contribution in [-0.4, -0.2) is 21.1 Å². The lowest BCUT2D eigenvalue weighted by molar-refractivity contribution is 0.0950. The highest BCUT2D eigenvalue weighted by Crippen LogP contribution is 2.19. The third-order valence-electron chi connectivity index (χ3n) is 3.14. The molecule has 0 unspecified atom stereocenters. The van der Waals surface area contributed by atoms with Gasteiger partial charge in [-0.2, -0.15) is 5.10 Å². The molecule has 3 rings (SSSR count). The van der Waals surface area contributed by atoms with Crippen LogP contribution in [0.2, 0.25) is 0 Å². The van der Waals surface area contributed by atoms with Crippen LogP contribution in [-0.2, 0) is 6.54 Å². The van der Waals surface area contributed by atoms with Crippen molar-refractivity contribution in [2.45, 2.75) is 6.54 Å². The van der Waals surface area contributed by atoms with Crippen LogP contribution in [0.1, 0.15) is 16.2 Å². The van der Waals surface area contributed by atoms with Crippen LogP contribution in [0.3, 0.4) is 0 Å². The average Bonchev–Trinajstić information content (AvgIpc) is 3.07. The molecule has 0 saturated heterocycles. The summed E-state index contributed by atoms with van der Waals surface area (Å²) in [5, 5.41) is 9.22. The maximum Gasteiger partial charge on any atom is 0.251 e. The lowest BCUT2D eigenvalue weighted by Crippen LogP contribution is -2.23. The van der Waals surface area contributed by atoms with Crippen molar-refractivity contribution in [3.05, 3.63) is 72.3 Å². The number of carbonyl (C=O) groups excluding carboxylic acids is 1. The van der Waals surface area contributed by atoms with Gasteiger partial charge in [-0.15, -0.1) is 0 Å². The molecule has 3 aromatic rings. The van der Waals surface area contributed by atoms with Crippen LogP contribution in [0, 0.1) is 0 Å². The van der Waals surface area contributed by atoms with Gasteiger partial charge in [-0.3, -0.25) is 9.89 Å². The fraction of sp³-hybridized carbons (Fsp3) is 0.0625. The molecule has 1 aromatic heterocycles. The molecule has 0 aliphatic rings. The SMILES string of the molecule is O=C(NCc1ncn[nH]1)c1ccc(-c2ccccc2)cc1. The largest absolute Gasteiger partial charge is 0.345 e. The first-order valence-electron chi connectivity index (χ1n) is 6.61. The Bertz CT molecular complexity index is 706. The maximum atomic E-state index is 12.0. The quantitative estimate of drug-likeness (QED) is 0.770. The van der Waals surface area contributed by atoms with Gasteiger partial charge in [0.2, 0.25) is 0 Å². The monoisotopic (exact) mass is 278 g/mol. The van der Waals surface area contributed by atoms with Crippen LogP contribution in [0.25, 0.3) is 11.1 Å². The van der Waals surface area contributed by atoms with Gasteiger partial charge in [0.25, 0.3) is 5.91 Å². The number of hydrogen-bond donors (Lipinski definition) is 2. The number of hydrogen-bond acceptors (Lipinski definition) is 3. The second-order valence-electron chi connectivity index (χ2n) is 4.56. The number of benzene rings is 2. The van der Waals surface area contributed by atoms with Gasteiger partial charge in [-0.1, -0.05) is 42.5 Å². The second-order valence-corrected chi connectivity index (χ2v) is 4.56. The topological polar surface area (TPSA) is 70.7 Å². The Balaban J connectivity index is 1.67. The van der Waals surface area contributed by atoms with Gasteiger partial charge in [0.15, 0.2) is 0 Å². The van der Waals surface area contributed by atoms with Crippen LogP contribution in [0.5, 0.6) is 0 Å². The van der Waals surface area contributed by atoms with E-state index in [1.807, 2.05) is 54.6 Å². The number of aromatic amines is 1. The van der Waals surface area contributed by atoms with Crippen molar-refractivity contribution in [2.75, 3.05) is 0 Å². The van der Waals surface area contributed by atoms with Crippen molar-refractivity contribution in [3.8, 4) is 11.1 Å². The van der Waals surface area contributed by atoms with Gasteiger partial charge in [0, 0.05) is 5.56 Å². The normalized spacial score (nSPS) is 10.3. The van der Waals surface area contributed by atoms with E-state index in [2.05, 4.69) is 20.5 Å². The summed E-state index contributed by atoms with van der Waals surface area (Å²) >= 11 is 0. The predicted octanol–water partition coefficient (Wildman–Crippen LogP) is 2.40. The maximum absolute atomic E-state index is 12.0. The van der Waals surface area contributed by atoms with E-state index in [1.54, 1.807) is 0 Å². The number of amides is 1. The summed E-state index contributed by atoms with van der Waals surface area (Å²) in [6.45, 7) is 0.333. The third-order valence-corrected chi connectivity index (χ3v) is 3.14. The molecule has 1 amide bonds. The number of H-pyrrole nitrogens is 1. The summed E-state index contributed by atoms with van der Waals surface area (Å²) in [5.74, 6) is 0.496. The first-order valence-corrected chi connectivity index (χ1v) is 6.61. The molecule has 1 heterocycles. The average molecular weight is 278 g/mol. The van der Waals surface area contributed by atoms with E-state index in [1.165, 1.54) is 6.33 Å². The molecule has 0 aliphatic carbocycles. The molecular formula is C16H14N4O. The zero-order valence-electron chi connectivity index (χ0n) is 11.3. The van der Waals surface area contributed by atoms with E-state index in [0.29, 0.717) is 17.9 Å². The Morgan fingerprint density at radius 1 is 1.00 bits per heavy atom. The highest BCUT2D eigenvalue weighted by atomic mass is 16.1. The van der Waals surface area contributed by atoms with Crippen molar-refractivity contribution >= 4 is 5.91 Å². The summed E-state index contributed by atoms with van der Waals surface area (Å²) in [6.07, 6.45) is 1.41. The molecule has 21 heavy (non-hydrogen) atoms. The van der Waals surface area contributed by atoms with Gasteiger partial charge in [0.1, 0.15) is 12.2 Å². The number of carbonyl (C=O) groups is 1. The first-order chi connectivity index (χ1) is 10.3. The van der Waals surface area contributed by atoms with Crippen molar-refractivity contribution in [2.24, 2.45) is 0 Å². The minimum Gasteiger partial charge on any atom is -0.345 e. The summed E-state index contributed by atoms with van der Waals surface area (Å²) in [6, 6.07) is 17.6. The number of rotatable bonds is 4. The van der Waals surface area contributed by atoms with Crippen molar-refractivity contribution in [1.29, 1.82) is 0 Å². The van der Waals surface area contributed by atoms with Gasteiger partial charge in [-0.05, 0) is 23.3 Å². The Hall–Kier alpha value is -2.95. The second kappa shape index (κ2) is 6.00. The fourth-order valence-electron chi connectivity index (χ4n) is 2.03. The van der Waals surface area contributed by atoms with E-state index in [-0.39, 0.29) is 5.91 Å². The first kappa shape index (κ1) is 13.1. The molecule has 2 aromatic carbocycles. The Labute approximate surface area is 122 Å². The van der Waals surface area contributed by atoms with E-state index in [9.17, 15) is 4.79 Å². The zero-order chi connectivity index (χ0) is 14.5. The van der Waals surface area contributed by atoms with Crippen molar-refractivity contribution in [3.63, 3.8) is 0 Å². The minimum atomic E-state index is -0.133. The highest BCUT2D eigenvalue weighted by Gasteiger charge is 2.06. The van der Waals surface area contributed by atoms with Crippen molar-refractivity contribution < 1.29 is 4.79 Å². The summed E-state index contributed by atoms with van der Waals surface area (Å²) in [4.78, 5) is 16.0. The van der Waals surface area contributed by atoms with Crippen molar-refractivity contribution in [1.82, 2.24) is 20.5 Å². The molecule has 0 fully saturated rings. The van der Waals surface area contributed by atoms with Crippen LogP contribution < -0.4 is 5.32 Å². The smallest absolute Gasteiger partial charge is 0.251 e. The van der Waals surface area contributed by atoms with E-state index in [0.717, 1.165) is 11.1 Å². The Kier molecular flexibility index (Phi) is 3.73. The predicted molar refractivity (Wildman–Crippen MR) is 79.4 cm³/mol. The van der Waals surface area contributed by atoms with Crippen LogP contribution in [0.15, 0.2) is 60.9 Å². The number of nitrogens with one attached hydrogen (secondary N) is 2. The minimum absolute atomic E-state index is 0.133. The van der Waals surface area contributed by atoms with Gasteiger partial charge in [-0.25, -0.2) is 4.98 Å². The summed E-state index contributed by atoms with van der Waals surface area (Å²) in [5.41, 5.74) is 2.84. The summed E-state index contributed by atoms with van der Waals surface area (Å²) in [7, 11) is 0. The highest BCUT2D eigenvalue weighted by molar-refractivity contribution is 5.94. The molecule has 0 spiro atoms. The molecule has 5 heteroatoms. The third kappa shape index (κ3) is 3.14. The van der Waals surface area contributed by atoms with Crippen LogP contribution >= 0.6 is 0 Å². The summed E-state index contributed by atoms with van der Waals surface area (Å²) < 4.78 is 0. The number of nitrogens with zero attached hydrogens (tertiary/aromatic N) is 2. The molecule has 0 saturated carbocycles. The molecule has 0 bridgehead atoms. The Morgan fingerprint density at radius 2 is 1.71 bits per heavy atom. The molecule has 0 aliphatic heterocycles. The van der Waals surface area contributed by atoms with Gasteiger partial charge >= 0.3 is 0 Å². The lowest BCUT2D eigenvalue weighted by atomic mass is 10.0. The standard InChI is InChI=1S/C16H14N4O/c21-16(17-10-15-18-11-19-20-15)14-8-6-13(7-9-14)12-4-2-1-3-5-12/h1-9,11H,10H2,(H,17,21)(H,18,19,20). The van der Waals surface area contributed by atoms with E-state index in [4.69, 9.17) is 0 Å². The number of aromatic nitrogens is 3. The molecule has 0 atom stereocenters.